The second kappa shape index (κ2) is 8.75. The summed E-state index contributed by atoms with van der Waals surface area (Å²) in [6, 6.07) is 9.08. The van der Waals surface area contributed by atoms with Crippen molar-refractivity contribution in [3.63, 3.8) is 0 Å². The van der Waals surface area contributed by atoms with E-state index in [9.17, 15) is 14.0 Å². The lowest BCUT2D eigenvalue weighted by atomic mass is 10.0. The smallest absolute Gasteiger partial charge is 0.351 e. The molecule has 1 saturated heterocycles. The van der Waals surface area contributed by atoms with Crippen molar-refractivity contribution in [3.8, 4) is 11.5 Å². The van der Waals surface area contributed by atoms with Gasteiger partial charge in [-0.1, -0.05) is 18.2 Å². The molecule has 0 unspecified atom stereocenters. The third kappa shape index (κ3) is 4.10. The standard InChI is InChI=1S/C23H24FN3O4/c1-30-20-13-19(26-9-5-6-10-26)21(31-2)12-16(20)11-18-22(28)27(23(29)25-18)14-15-7-3-4-8-17(15)24/h3-4,7-8,12-13H,5-6,9-11,14H2,1-2H3. The van der Waals surface area contributed by atoms with Crippen LogP contribution in [0.4, 0.5) is 14.9 Å². The van der Waals surface area contributed by atoms with E-state index in [0.29, 0.717) is 17.1 Å². The van der Waals surface area contributed by atoms with Crippen LogP contribution in [0.3, 0.4) is 0 Å². The number of ether oxygens (including phenoxy) is 2. The third-order valence-corrected chi connectivity index (χ3v) is 5.63. The van der Waals surface area contributed by atoms with E-state index in [4.69, 9.17) is 9.47 Å². The number of halogens is 1. The minimum absolute atomic E-state index is 0.0932. The van der Waals surface area contributed by atoms with Crippen molar-refractivity contribution in [3.05, 3.63) is 53.3 Å². The fourth-order valence-corrected chi connectivity index (χ4v) is 3.99. The summed E-state index contributed by atoms with van der Waals surface area (Å²) in [6.07, 6.45) is 2.36. The molecule has 31 heavy (non-hydrogen) atoms. The Labute approximate surface area is 180 Å². The van der Waals surface area contributed by atoms with E-state index >= 15 is 0 Å². The van der Waals surface area contributed by atoms with Gasteiger partial charge in [0.2, 0.25) is 0 Å². The highest BCUT2D eigenvalue weighted by molar-refractivity contribution is 6.46. The van der Waals surface area contributed by atoms with Crippen LogP contribution in [0.1, 0.15) is 24.0 Å². The van der Waals surface area contributed by atoms with Gasteiger partial charge in [-0.2, -0.15) is 4.99 Å². The molecule has 0 aromatic heterocycles. The molecule has 0 bridgehead atoms. The number of amides is 3. The number of hydrogen-bond acceptors (Lipinski definition) is 5. The molecular weight excluding hydrogens is 401 g/mol. The molecule has 1 fully saturated rings. The Balaban J connectivity index is 1.57. The Morgan fingerprint density at radius 1 is 1.00 bits per heavy atom. The number of urea groups is 1. The number of methoxy groups -OCH3 is 2. The first kappa shape index (κ1) is 20.8. The van der Waals surface area contributed by atoms with Crippen LogP contribution in [0.15, 0.2) is 41.4 Å². The van der Waals surface area contributed by atoms with Crippen LogP contribution < -0.4 is 14.4 Å². The van der Waals surface area contributed by atoms with Crippen LogP contribution in [0.25, 0.3) is 0 Å². The number of carbonyl (C=O) groups is 2. The molecule has 2 aliphatic rings. The minimum atomic E-state index is -0.692. The van der Waals surface area contributed by atoms with E-state index in [1.807, 2.05) is 12.1 Å². The van der Waals surface area contributed by atoms with E-state index < -0.39 is 17.8 Å². The lowest BCUT2D eigenvalue weighted by Gasteiger charge is -2.22. The van der Waals surface area contributed by atoms with E-state index in [0.717, 1.165) is 36.5 Å². The highest BCUT2D eigenvalue weighted by Gasteiger charge is 2.34. The normalized spacial score (nSPS) is 16.2. The molecule has 2 heterocycles. The fraction of sp³-hybridized carbons (Fsp3) is 0.348. The first-order chi connectivity index (χ1) is 15.0. The van der Waals surface area contributed by atoms with Gasteiger partial charge in [-0.3, -0.25) is 9.69 Å². The molecular formula is C23H24FN3O4. The fourth-order valence-electron chi connectivity index (χ4n) is 3.99. The molecule has 8 heteroatoms. The first-order valence-corrected chi connectivity index (χ1v) is 10.2. The highest BCUT2D eigenvalue weighted by atomic mass is 19.1. The molecule has 0 saturated carbocycles. The van der Waals surface area contributed by atoms with Crippen LogP contribution in [0.2, 0.25) is 0 Å². The SMILES string of the molecule is COc1cc(N2CCCC2)c(OC)cc1CC1=NC(=O)N(Cc2ccccc2F)C1=O. The lowest BCUT2D eigenvalue weighted by Crippen LogP contribution is -2.33. The Hall–Kier alpha value is -3.42. The topological polar surface area (TPSA) is 71.4 Å². The molecule has 0 radical (unpaired) electrons. The predicted octanol–water partition coefficient (Wildman–Crippen LogP) is 3.59. The molecule has 2 aromatic rings. The number of anilines is 1. The molecule has 2 aromatic carbocycles. The molecule has 0 atom stereocenters. The maximum absolute atomic E-state index is 14.0. The van der Waals surface area contributed by atoms with Gasteiger partial charge in [0.15, 0.2) is 0 Å². The van der Waals surface area contributed by atoms with Gasteiger partial charge in [0, 0.05) is 36.7 Å². The first-order valence-electron chi connectivity index (χ1n) is 10.2. The molecule has 2 aliphatic heterocycles. The van der Waals surface area contributed by atoms with Gasteiger partial charge in [-0.25, -0.2) is 9.18 Å². The number of carbonyl (C=O) groups excluding carboxylic acids is 2. The number of benzene rings is 2. The Morgan fingerprint density at radius 3 is 2.39 bits per heavy atom. The zero-order valence-electron chi connectivity index (χ0n) is 17.6. The summed E-state index contributed by atoms with van der Waals surface area (Å²) in [5.74, 6) is 0.273. The van der Waals surface area contributed by atoms with Crippen molar-refractivity contribution < 1.29 is 23.5 Å². The Bertz CT molecular complexity index is 1050. The summed E-state index contributed by atoms with van der Waals surface area (Å²) >= 11 is 0. The van der Waals surface area contributed by atoms with Gasteiger partial charge in [-0.05, 0) is 25.0 Å². The average molecular weight is 425 g/mol. The summed E-state index contributed by atoms with van der Waals surface area (Å²) < 4.78 is 25.1. The second-order valence-electron chi connectivity index (χ2n) is 7.53. The van der Waals surface area contributed by atoms with Gasteiger partial charge < -0.3 is 14.4 Å². The summed E-state index contributed by atoms with van der Waals surface area (Å²) in [7, 11) is 3.16. The lowest BCUT2D eigenvalue weighted by molar-refractivity contribution is -0.121. The van der Waals surface area contributed by atoms with Crippen LogP contribution >= 0.6 is 0 Å². The molecule has 3 amide bonds. The van der Waals surface area contributed by atoms with Crippen LogP contribution in [0, 0.1) is 5.82 Å². The molecule has 0 aliphatic carbocycles. The molecule has 7 nitrogen and oxygen atoms in total. The Morgan fingerprint density at radius 2 is 1.71 bits per heavy atom. The van der Waals surface area contributed by atoms with E-state index in [-0.39, 0.29) is 24.2 Å². The quantitative estimate of drug-likeness (QED) is 0.678. The van der Waals surface area contributed by atoms with Gasteiger partial charge in [-0.15, -0.1) is 0 Å². The average Bonchev–Trinajstić information content (AvgIpc) is 3.39. The summed E-state index contributed by atoms with van der Waals surface area (Å²) in [5.41, 5.74) is 1.98. The van der Waals surface area contributed by atoms with Crippen molar-refractivity contribution in [2.24, 2.45) is 4.99 Å². The van der Waals surface area contributed by atoms with Crippen LogP contribution in [-0.2, 0) is 17.8 Å². The zero-order valence-corrected chi connectivity index (χ0v) is 17.6. The maximum atomic E-state index is 14.0. The third-order valence-electron chi connectivity index (χ3n) is 5.63. The van der Waals surface area contributed by atoms with Gasteiger partial charge >= 0.3 is 6.03 Å². The van der Waals surface area contributed by atoms with Crippen molar-refractivity contribution in [2.45, 2.75) is 25.8 Å². The Kier molecular flexibility index (Phi) is 5.88. The summed E-state index contributed by atoms with van der Waals surface area (Å²) in [5, 5.41) is 0. The highest BCUT2D eigenvalue weighted by Crippen LogP contribution is 2.37. The van der Waals surface area contributed by atoms with Crippen molar-refractivity contribution in [1.29, 1.82) is 0 Å². The molecule has 4 rings (SSSR count). The minimum Gasteiger partial charge on any atom is -0.496 e. The van der Waals surface area contributed by atoms with E-state index in [2.05, 4.69) is 9.89 Å². The number of hydrogen-bond donors (Lipinski definition) is 0. The van der Waals surface area contributed by atoms with Gasteiger partial charge in [0.05, 0.1) is 26.5 Å². The number of rotatable bonds is 7. The maximum Gasteiger partial charge on any atom is 0.351 e. The van der Waals surface area contributed by atoms with E-state index in [1.165, 1.54) is 6.07 Å². The van der Waals surface area contributed by atoms with Crippen LogP contribution in [-0.4, -0.2) is 49.9 Å². The second-order valence-corrected chi connectivity index (χ2v) is 7.53. The van der Waals surface area contributed by atoms with Crippen molar-refractivity contribution >= 4 is 23.3 Å². The van der Waals surface area contributed by atoms with Crippen molar-refractivity contribution in [1.82, 2.24) is 4.90 Å². The molecule has 0 spiro atoms. The molecule has 162 valence electrons. The number of aliphatic imine (C=N–C) groups is 1. The number of nitrogens with zero attached hydrogens (tertiary/aromatic N) is 3. The number of imide groups is 1. The molecule has 0 N–H and O–H groups in total. The largest absolute Gasteiger partial charge is 0.496 e. The van der Waals surface area contributed by atoms with E-state index in [1.54, 1.807) is 32.4 Å². The summed E-state index contributed by atoms with van der Waals surface area (Å²) in [4.78, 5) is 32.3. The van der Waals surface area contributed by atoms with Gasteiger partial charge in [0.25, 0.3) is 5.91 Å². The predicted molar refractivity (Wildman–Crippen MR) is 114 cm³/mol. The van der Waals surface area contributed by atoms with Crippen molar-refractivity contribution in [2.75, 3.05) is 32.2 Å². The van der Waals surface area contributed by atoms with Crippen LogP contribution in [0.5, 0.6) is 11.5 Å². The monoisotopic (exact) mass is 425 g/mol. The van der Waals surface area contributed by atoms with Gasteiger partial charge in [0.1, 0.15) is 23.0 Å². The summed E-state index contributed by atoms with van der Waals surface area (Å²) in [6.45, 7) is 1.73. The zero-order chi connectivity index (χ0) is 22.0.